The van der Waals surface area contributed by atoms with Gasteiger partial charge in [0.2, 0.25) is 0 Å². The smallest absolute Gasteiger partial charge is 0.323 e. The Morgan fingerprint density at radius 2 is 0.964 bits per heavy atom. The molecule has 0 saturated carbocycles. The van der Waals surface area contributed by atoms with Crippen LogP contribution in [0.2, 0.25) is 0 Å². The summed E-state index contributed by atoms with van der Waals surface area (Å²) in [6.45, 7) is 9.94. The predicted molar refractivity (Wildman–Crippen MR) is 415 cm³/mol. The number of carboxylic acid groups (broad SMARTS) is 11. The summed E-state index contributed by atoms with van der Waals surface area (Å²) in [7, 11) is 0. The van der Waals surface area contributed by atoms with Crippen molar-refractivity contribution in [1.82, 2.24) is 20.3 Å². The van der Waals surface area contributed by atoms with Crippen LogP contribution >= 0.6 is 11.8 Å². The van der Waals surface area contributed by atoms with E-state index in [9.17, 15) is 52.7 Å². The maximum atomic E-state index is 10.6. The normalized spacial score (nSPS) is 14.6. The molecule has 1 aliphatic heterocycles. The fraction of sp³-hybridized carbons (Fsp3) is 0.514. The van der Waals surface area contributed by atoms with Crippen LogP contribution in [0.1, 0.15) is 108 Å². The molecule has 13 atom stereocenters. The van der Waals surface area contributed by atoms with Crippen LogP contribution in [0.3, 0.4) is 0 Å². The molecule has 6 rings (SSSR count). The number of aromatic amines is 2. The van der Waals surface area contributed by atoms with Crippen LogP contribution in [0.5, 0.6) is 5.75 Å². The molecule has 630 valence electrons. The summed E-state index contributed by atoms with van der Waals surface area (Å²) in [5.74, 6) is -9.30. The van der Waals surface area contributed by atoms with Crippen LogP contribution in [-0.4, -0.2) is 256 Å². The SMILES string of the molecule is CC(C)C[C@H](N)C(=O)O.CC[C@H](C)[C@H](N)C(=O)O.CSCC[C@H](N)C(=O)O.C[C@@H](O)[C@H](N)C(=O)O.NCCCC[C@H](N)C(=O)O.N[C@@H](CO)C(=O)O.N[C@@H](Cc1c[nH]c2ccccc12)C(=O)O.N[C@@H](Cc1ccc(O)cc1)C(=O)O.N[C@@H](Cc1ccccc1)C(=O)O.N[C@@H](Cc1cnc[nH]1)C(=O)O.O=C(O)[C@@H]1CCCN1. The van der Waals surface area contributed by atoms with E-state index in [2.05, 4.69) is 20.3 Å². The van der Waals surface area contributed by atoms with E-state index in [0.717, 1.165) is 77.7 Å². The van der Waals surface area contributed by atoms with Crippen LogP contribution in [-0.2, 0) is 78.4 Å². The molecular weight excluding hydrogens is 1480 g/mol. The van der Waals surface area contributed by atoms with Crippen LogP contribution < -0.4 is 68.4 Å². The number of hydrogen-bond acceptors (Lipinski definition) is 28. The van der Waals surface area contributed by atoms with E-state index < -0.39 is 139 Å². The van der Waals surface area contributed by atoms with Gasteiger partial charge in [0, 0.05) is 41.8 Å². The Morgan fingerprint density at radius 3 is 1.30 bits per heavy atom. The molecule has 40 nitrogen and oxygen atoms in total. The zero-order valence-electron chi connectivity index (χ0n) is 63.1. The van der Waals surface area contributed by atoms with E-state index in [-0.39, 0.29) is 30.6 Å². The van der Waals surface area contributed by atoms with Crippen molar-refractivity contribution in [2.24, 2.45) is 74.9 Å². The summed E-state index contributed by atoms with van der Waals surface area (Å²) in [5.41, 5.74) is 61.6. The molecule has 0 amide bonds. The fourth-order valence-electron chi connectivity index (χ4n) is 7.56. The van der Waals surface area contributed by atoms with Crippen molar-refractivity contribution in [3.8, 4) is 5.75 Å². The first-order valence-electron chi connectivity index (χ1n) is 34.3. The number of aliphatic hydroxyl groups excluding tert-OH is 2. The van der Waals surface area contributed by atoms with Crippen molar-refractivity contribution in [3.63, 3.8) is 0 Å². The number of imidazole rings is 1. The third-order valence-corrected chi connectivity index (χ3v) is 15.2. The largest absolute Gasteiger partial charge is 0.508 e. The molecule has 41 heteroatoms. The summed E-state index contributed by atoms with van der Waals surface area (Å²) in [5, 5.41) is 121. The Labute approximate surface area is 646 Å². The summed E-state index contributed by atoms with van der Waals surface area (Å²) in [6.07, 6.45) is 13.0. The average molecular weight is 1600 g/mol. The molecule has 1 aliphatic rings. The number of benzene rings is 3. The molecule has 39 N–H and O–H groups in total. The zero-order chi connectivity index (χ0) is 86.6. The Kier molecular flexibility index (Phi) is 64.2. The highest BCUT2D eigenvalue weighted by Crippen LogP contribution is 2.19. The number of carbonyl (C=O) groups is 11. The lowest BCUT2D eigenvalue weighted by atomic mass is 10.0. The van der Waals surface area contributed by atoms with Gasteiger partial charge < -0.3 is 150 Å². The van der Waals surface area contributed by atoms with Crippen LogP contribution in [0.25, 0.3) is 10.9 Å². The van der Waals surface area contributed by atoms with Gasteiger partial charge in [-0.3, -0.25) is 52.7 Å². The molecular formula is C70H119N15O25S. The second kappa shape index (κ2) is 64.9. The maximum Gasteiger partial charge on any atom is 0.323 e. The van der Waals surface area contributed by atoms with Gasteiger partial charge in [-0.2, -0.15) is 11.8 Å². The number of aliphatic carboxylic acids is 11. The highest BCUT2D eigenvalue weighted by molar-refractivity contribution is 7.98. The quantitative estimate of drug-likeness (QED) is 0.0230. The Bertz CT molecular complexity index is 3360. The summed E-state index contributed by atoms with van der Waals surface area (Å²) >= 11 is 1.60. The number of hydrogen-bond donors (Lipinski definition) is 28. The van der Waals surface area contributed by atoms with Gasteiger partial charge in [0.25, 0.3) is 0 Å². The van der Waals surface area contributed by atoms with Gasteiger partial charge in [0.15, 0.2) is 0 Å². The second-order valence-electron chi connectivity index (χ2n) is 24.7. The van der Waals surface area contributed by atoms with Gasteiger partial charge in [-0.25, -0.2) is 4.98 Å². The summed E-state index contributed by atoms with van der Waals surface area (Å²) in [6, 6.07) is 14.7. The Hall–Kier alpha value is -9.83. The molecule has 111 heavy (non-hydrogen) atoms. The number of nitrogens with two attached hydrogens (primary N) is 11. The number of carboxylic acids is 11. The number of fused-ring (bicyclic) bond motifs is 1. The van der Waals surface area contributed by atoms with Gasteiger partial charge in [0.1, 0.15) is 72.2 Å². The molecule has 2 aromatic heterocycles. The second-order valence-corrected chi connectivity index (χ2v) is 25.7. The molecule has 1 saturated heterocycles. The number of rotatable bonds is 32. The summed E-state index contributed by atoms with van der Waals surface area (Å²) < 4.78 is 0. The van der Waals surface area contributed by atoms with Crippen molar-refractivity contribution in [1.29, 1.82) is 0 Å². The lowest BCUT2D eigenvalue weighted by Crippen LogP contribution is -2.39. The molecule has 0 spiro atoms. The number of nitrogens with zero attached hydrogens (tertiary/aromatic N) is 1. The Balaban J connectivity index is -0.000000374. The van der Waals surface area contributed by atoms with Crippen LogP contribution in [0.4, 0.5) is 0 Å². The van der Waals surface area contributed by atoms with Gasteiger partial charge in [0.05, 0.1) is 19.0 Å². The molecule has 0 radical (unpaired) electrons. The first-order chi connectivity index (χ1) is 51.7. The number of aromatic nitrogens is 3. The third-order valence-electron chi connectivity index (χ3n) is 14.6. The number of phenols is 1. The van der Waals surface area contributed by atoms with E-state index >= 15 is 0 Å². The lowest BCUT2D eigenvalue weighted by Gasteiger charge is -2.11. The van der Waals surface area contributed by atoms with Crippen molar-refractivity contribution >= 4 is 88.3 Å². The average Bonchev–Trinajstić information content (AvgIpc) is 1.69. The lowest BCUT2D eigenvalue weighted by molar-refractivity contribution is -0.141. The highest BCUT2D eigenvalue weighted by atomic mass is 32.2. The van der Waals surface area contributed by atoms with E-state index in [0.29, 0.717) is 44.6 Å². The van der Waals surface area contributed by atoms with Gasteiger partial charge in [-0.15, -0.1) is 0 Å². The first-order valence-corrected chi connectivity index (χ1v) is 35.7. The number of nitrogens with one attached hydrogen (secondary N) is 3. The number of H-pyrrole nitrogens is 2. The number of thioether (sulfide) groups is 1. The minimum absolute atomic E-state index is 0.0718. The minimum Gasteiger partial charge on any atom is -0.508 e. The molecule has 0 unspecified atom stereocenters. The van der Waals surface area contributed by atoms with Crippen molar-refractivity contribution in [2.75, 3.05) is 31.7 Å². The summed E-state index contributed by atoms with van der Waals surface area (Å²) in [4.78, 5) is 121. The van der Waals surface area contributed by atoms with E-state index in [1.54, 1.807) is 30.1 Å². The van der Waals surface area contributed by atoms with Crippen molar-refractivity contribution < 1.29 is 124 Å². The topological polar surface area (TPSA) is 814 Å². The molecule has 3 aromatic carbocycles. The maximum absolute atomic E-state index is 10.6. The molecule has 5 aromatic rings. The number of unbranched alkanes of at least 4 members (excludes halogenated alkanes) is 1. The van der Waals surface area contributed by atoms with Gasteiger partial charge in [-0.05, 0) is 130 Å². The molecule has 3 heterocycles. The molecule has 1 fully saturated rings. The highest BCUT2D eigenvalue weighted by Gasteiger charge is 2.22. The molecule has 0 bridgehead atoms. The van der Waals surface area contributed by atoms with Gasteiger partial charge >= 0.3 is 65.7 Å². The first kappa shape index (κ1) is 110. The third kappa shape index (κ3) is 59.7. The van der Waals surface area contributed by atoms with E-state index in [1.807, 2.05) is 94.7 Å². The Morgan fingerprint density at radius 1 is 0.523 bits per heavy atom. The minimum atomic E-state index is -1.18. The number of aliphatic hydroxyl groups is 2. The number of aromatic hydroxyl groups is 1. The van der Waals surface area contributed by atoms with Crippen molar-refractivity contribution in [2.45, 2.75) is 184 Å². The van der Waals surface area contributed by atoms with E-state index in [1.165, 1.54) is 25.4 Å². The van der Waals surface area contributed by atoms with E-state index in [4.69, 9.17) is 135 Å². The zero-order valence-corrected chi connectivity index (χ0v) is 63.9. The number of phenolic OH excluding ortho intramolecular Hbond substituents is 1. The molecule has 0 aliphatic carbocycles. The van der Waals surface area contributed by atoms with Crippen molar-refractivity contribution in [3.05, 3.63) is 120 Å². The van der Waals surface area contributed by atoms with Gasteiger partial charge in [-0.1, -0.05) is 101 Å². The monoisotopic (exact) mass is 1600 g/mol. The standard InChI is InChI=1S/C11H12N2O2.C9H11NO3.C9H11NO2.C6H9N3O2.C6H14N2O2.2C6H13NO2.C5H11NO2S.C5H9NO2.C4H9NO3.C3H7NO3/c12-9(11(14)15)5-7-6-13-10-4-2-1-3-8(7)10;10-8(9(12)13)5-6-1-3-7(11)4-2-6;10-8(9(11)12)6-7-4-2-1-3-5-7;7-5(6(10)11)1-4-2-8-3-9-4;7-4-2-1-3-5(8)6(9)10;1-4(2)3-5(7)6(8)9;1-3-4(2)5(7)6(8)9;1-9-3-2-4(6)5(7)8;7-5(8)4-2-1-3-6-4;1-2(6)3(5)4(7)8;4-2(1-5)3(6)7/h1-4,6,9,13H,5,12H2,(H,14,15);1-4,8,11H,5,10H2,(H,12,13);1-5,8H,6,10H2,(H,11,12);2-3,5H,1,7H2,(H,8,9)(H,10,11);5H,1-4,7-8H2,(H,9,10);2*4-5H,3,7H2,1-2H3,(H,8,9);4H,2-3,6H2,1H3,(H,7,8);4,6H,1-3H2,(H,7,8);2-3,6H,5H2,1H3,(H,7,8);2,5H,1,4H2,(H,6,7)/t9-;2*8-;3*5-;4-,5-;2*4-;2-,3+;2-/m00000000010/s1. The predicted octanol–water partition coefficient (Wildman–Crippen LogP) is -0.966. The van der Waals surface area contributed by atoms with Crippen LogP contribution in [0.15, 0.2) is 97.6 Å². The van der Waals surface area contributed by atoms with Crippen LogP contribution in [0, 0.1) is 11.8 Å². The fourth-order valence-corrected chi connectivity index (χ4v) is 8.05. The number of para-hydroxylation sites is 1.